The standard InChI is InChI=1S/C27H32N2O4S/c1-6-26(22-11-13-25(33-4)14-12-22)28-27(30)23-9-7-21(8-10-23)18-29(34(5,31)32)24-16-19(2)15-20(3)17-24/h7-17,26H,6,18H2,1-5H3,(H,28,30). The van der Waals surface area contributed by atoms with Gasteiger partial charge in [0, 0.05) is 5.56 Å². The lowest BCUT2D eigenvalue weighted by atomic mass is 10.0. The van der Waals surface area contributed by atoms with Gasteiger partial charge in [0.25, 0.3) is 5.91 Å². The summed E-state index contributed by atoms with van der Waals surface area (Å²) < 4.78 is 31.6. The molecule has 0 aliphatic rings. The molecular weight excluding hydrogens is 448 g/mol. The monoisotopic (exact) mass is 480 g/mol. The summed E-state index contributed by atoms with van der Waals surface area (Å²) in [6, 6.07) is 20.3. The molecule has 7 heteroatoms. The van der Waals surface area contributed by atoms with E-state index in [1.807, 2.05) is 63.2 Å². The molecule has 0 spiro atoms. The van der Waals surface area contributed by atoms with Crippen molar-refractivity contribution >= 4 is 21.6 Å². The van der Waals surface area contributed by atoms with Gasteiger partial charge in [-0.05, 0) is 78.9 Å². The fraction of sp³-hybridized carbons (Fsp3) is 0.296. The van der Waals surface area contributed by atoms with E-state index in [1.54, 1.807) is 31.4 Å². The number of amides is 1. The third-order valence-corrected chi connectivity index (χ3v) is 6.81. The van der Waals surface area contributed by atoms with Crippen LogP contribution in [0.15, 0.2) is 66.7 Å². The average molecular weight is 481 g/mol. The molecule has 1 N–H and O–H groups in total. The minimum Gasteiger partial charge on any atom is -0.497 e. The Kier molecular flexibility index (Phi) is 7.99. The second kappa shape index (κ2) is 10.7. The molecule has 0 saturated heterocycles. The number of nitrogens with zero attached hydrogens (tertiary/aromatic N) is 1. The molecule has 34 heavy (non-hydrogen) atoms. The van der Waals surface area contributed by atoms with Crippen molar-refractivity contribution in [3.8, 4) is 5.75 Å². The molecule has 0 radical (unpaired) electrons. The van der Waals surface area contributed by atoms with Crippen LogP contribution in [0.2, 0.25) is 0 Å². The van der Waals surface area contributed by atoms with Crippen LogP contribution in [-0.2, 0) is 16.6 Å². The number of methoxy groups -OCH3 is 1. The van der Waals surface area contributed by atoms with E-state index < -0.39 is 10.0 Å². The lowest BCUT2D eigenvalue weighted by Crippen LogP contribution is -2.30. The first-order valence-electron chi connectivity index (χ1n) is 11.2. The van der Waals surface area contributed by atoms with E-state index in [0.717, 1.165) is 34.4 Å². The molecule has 0 aliphatic heterocycles. The summed E-state index contributed by atoms with van der Waals surface area (Å²) in [5.74, 6) is 0.591. The Bertz CT molecular complexity index is 1220. The summed E-state index contributed by atoms with van der Waals surface area (Å²) in [5.41, 5.74) is 4.95. The molecule has 0 fully saturated rings. The highest BCUT2D eigenvalue weighted by Gasteiger charge is 2.19. The lowest BCUT2D eigenvalue weighted by molar-refractivity contribution is 0.0935. The van der Waals surface area contributed by atoms with E-state index in [1.165, 1.54) is 10.6 Å². The minimum atomic E-state index is -3.49. The highest BCUT2D eigenvalue weighted by Crippen LogP contribution is 2.24. The first-order valence-corrected chi connectivity index (χ1v) is 13.0. The van der Waals surface area contributed by atoms with E-state index in [-0.39, 0.29) is 18.5 Å². The van der Waals surface area contributed by atoms with E-state index in [4.69, 9.17) is 4.74 Å². The summed E-state index contributed by atoms with van der Waals surface area (Å²) in [4.78, 5) is 12.9. The Hall–Kier alpha value is -3.32. The molecule has 3 aromatic rings. The topological polar surface area (TPSA) is 75.7 Å². The number of hydrogen-bond acceptors (Lipinski definition) is 4. The van der Waals surface area contributed by atoms with Crippen LogP contribution in [0.1, 0.15) is 52.0 Å². The quantitative estimate of drug-likeness (QED) is 0.459. The first-order chi connectivity index (χ1) is 16.1. The molecule has 1 amide bonds. The van der Waals surface area contributed by atoms with Crippen molar-refractivity contribution in [1.29, 1.82) is 0 Å². The number of ether oxygens (including phenoxy) is 1. The maximum absolute atomic E-state index is 12.9. The molecule has 0 aromatic heterocycles. The number of anilines is 1. The third kappa shape index (κ3) is 6.38. The van der Waals surface area contributed by atoms with Crippen LogP contribution in [0.5, 0.6) is 5.75 Å². The maximum Gasteiger partial charge on any atom is 0.251 e. The van der Waals surface area contributed by atoms with Gasteiger partial charge in [-0.15, -0.1) is 0 Å². The zero-order chi connectivity index (χ0) is 24.9. The molecule has 1 unspecified atom stereocenters. The number of benzene rings is 3. The first kappa shape index (κ1) is 25.3. The van der Waals surface area contributed by atoms with Crippen LogP contribution in [0.3, 0.4) is 0 Å². The second-order valence-corrected chi connectivity index (χ2v) is 10.4. The van der Waals surface area contributed by atoms with Gasteiger partial charge in [-0.25, -0.2) is 8.42 Å². The molecule has 0 saturated carbocycles. The highest BCUT2D eigenvalue weighted by atomic mass is 32.2. The molecule has 0 bridgehead atoms. The average Bonchev–Trinajstić information content (AvgIpc) is 2.80. The molecular formula is C27H32N2O4S. The van der Waals surface area contributed by atoms with E-state index in [9.17, 15) is 13.2 Å². The van der Waals surface area contributed by atoms with Crippen molar-refractivity contribution in [3.05, 3.63) is 94.5 Å². The van der Waals surface area contributed by atoms with Gasteiger partial charge in [0.15, 0.2) is 0 Å². The van der Waals surface area contributed by atoms with Crippen LogP contribution in [0, 0.1) is 13.8 Å². The van der Waals surface area contributed by atoms with Crippen molar-refractivity contribution in [2.24, 2.45) is 0 Å². The molecule has 180 valence electrons. The van der Waals surface area contributed by atoms with Gasteiger partial charge in [0.1, 0.15) is 5.75 Å². The summed E-state index contributed by atoms with van der Waals surface area (Å²) in [6.07, 6.45) is 1.95. The fourth-order valence-corrected chi connectivity index (χ4v) is 4.79. The van der Waals surface area contributed by atoms with Crippen LogP contribution >= 0.6 is 0 Å². The molecule has 3 rings (SSSR count). The number of carbonyl (C=O) groups excluding carboxylic acids is 1. The van der Waals surface area contributed by atoms with Crippen molar-refractivity contribution in [3.63, 3.8) is 0 Å². The third-order valence-electron chi connectivity index (χ3n) is 5.67. The number of aryl methyl sites for hydroxylation is 2. The number of carbonyl (C=O) groups is 1. The summed E-state index contributed by atoms with van der Waals surface area (Å²) >= 11 is 0. The Morgan fingerprint density at radius 2 is 1.56 bits per heavy atom. The van der Waals surface area contributed by atoms with E-state index >= 15 is 0 Å². The number of hydrogen-bond donors (Lipinski definition) is 1. The van der Waals surface area contributed by atoms with Crippen LogP contribution in [0.4, 0.5) is 5.69 Å². The normalized spacial score (nSPS) is 12.1. The number of sulfonamides is 1. The van der Waals surface area contributed by atoms with Gasteiger partial charge < -0.3 is 10.1 Å². The van der Waals surface area contributed by atoms with E-state index in [2.05, 4.69) is 5.32 Å². The van der Waals surface area contributed by atoms with Crippen molar-refractivity contribution in [2.45, 2.75) is 39.8 Å². The smallest absolute Gasteiger partial charge is 0.251 e. The predicted octanol–water partition coefficient (Wildman–Crippen LogP) is 5.16. The van der Waals surface area contributed by atoms with Gasteiger partial charge >= 0.3 is 0 Å². The van der Waals surface area contributed by atoms with Crippen LogP contribution in [-0.4, -0.2) is 27.7 Å². The Morgan fingerprint density at radius 1 is 0.971 bits per heavy atom. The summed E-state index contributed by atoms with van der Waals surface area (Å²) in [6.45, 7) is 6.10. The summed E-state index contributed by atoms with van der Waals surface area (Å²) in [5, 5.41) is 3.07. The van der Waals surface area contributed by atoms with Gasteiger partial charge in [-0.3, -0.25) is 9.10 Å². The minimum absolute atomic E-state index is 0.122. The highest BCUT2D eigenvalue weighted by molar-refractivity contribution is 7.92. The zero-order valence-corrected chi connectivity index (χ0v) is 21.1. The summed E-state index contributed by atoms with van der Waals surface area (Å²) in [7, 11) is -1.87. The molecule has 0 aliphatic carbocycles. The number of nitrogens with one attached hydrogen (secondary N) is 1. The second-order valence-electron chi connectivity index (χ2n) is 8.52. The fourth-order valence-electron chi connectivity index (χ4n) is 3.92. The molecule has 1 atom stereocenters. The molecule has 3 aromatic carbocycles. The van der Waals surface area contributed by atoms with E-state index in [0.29, 0.717) is 11.3 Å². The van der Waals surface area contributed by atoms with Crippen LogP contribution < -0.4 is 14.4 Å². The van der Waals surface area contributed by atoms with Gasteiger partial charge in [-0.1, -0.05) is 37.3 Å². The van der Waals surface area contributed by atoms with Gasteiger partial charge in [-0.2, -0.15) is 0 Å². The Morgan fingerprint density at radius 3 is 2.06 bits per heavy atom. The number of rotatable bonds is 9. The predicted molar refractivity (Wildman–Crippen MR) is 137 cm³/mol. The van der Waals surface area contributed by atoms with Crippen molar-refractivity contribution in [2.75, 3.05) is 17.7 Å². The van der Waals surface area contributed by atoms with Gasteiger partial charge in [0.2, 0.25) is 10.0 Å². The zero-order valence-electron chi connectivity index (χ0n) is 20.3. The Labute approximate surface area is 202 Å². The molecule has 6 nitrogen and oxygen atoms in total. The lowest BCUT2D eigenvalue weighted by Gasteiger charge is -2.23. The SMILES string of the molecule is CCC(NC(=O)c1ccc(CN(c2cc(C)cc(C)c2)S(C)(=O)=O)cc1)c1ccc(OC)cc1. The Balaban J connectivity index is 1.75. The van der Waals surface area contributed by atoms with Gasteiger partial charge in [0.05, 0.1) is 31.6 Å². The van der Waals surface area contributed by atoms with Crippen LogP contribution in [0.25, 0.3) is 0 Å². The molecule has 0 heterocycles. The largest absolute Gasteiger partial charge is 0.497 e. The van der Waals surface area contributed by atoms with Crippen molar-refractivity contribution in [1.82, 2.24) is 5.32 Å². The maximum atomic E-state index is 12.9. The van der Waals surface area contributed by atoms with Crippen molar-refractivity contribution < 1.29 is 17.9 Å².